The van der Waals surface area contributed by atoms with Crippen LogP contribution in [0.2, 0.25) is 0 Å². The van der Waals surface area contributed by atoms with Crippen molar-refractivity contribution >= 4 is 17.0 Å². The van der Waals surface area contributed by atoms with Gasteiger partial charge in [0.15, 0.2) is 0 Å². The number of carbonyl (C=O) groups excluding carboxylic acids is 1. The van der Waals surface area contributed by atoms with Crippen LogP contribution in [0.3, 0.4) is 0 Å². The molecule has 0 bridgehead atoms. The van der Waals surface area contributed by atoms with Gasteiger partial charge >= 0.3 is 5.43 Å². The summed E-state index contributed by atoms with van der Waals surface area (Å²) in [6, 6.07) is 0. The van der Waals surface area contributed by atoms with Gasteiger partial charge in [-0.25, -0.2) is 4.79 Å². The van der Waals surface area contributed by atoms with E-state index in [4.69, 9.17) is 16.3 Å². The number of methoxy groups -OCH3 is 1. The van der Waals surface area contributed by atoms with Crippen molar-refractivity contribution in [2.75, 3.05) is 7.11 Å². The van der Waals surface area contributed by atoms with Crippen LogP contribution in [0.25, 0.3) is 0 Å². The predicted octanol–water partition coefficient (Wildman–Crippen LogP) is 1.74. The molecule has 0 fully saturated rings. The molecule has 0 aromatic carbocycles. The van der Waals surface area contributed by atoms with Gasteiger partial charge in [0.05, 0.1) is 0 Å². The Morgan fingerprint density at radius 1 is 1.56 bits per heavy atom. The van der Waals surface area contributed by atoms with E-state index in [-0.39, 0.29) is 0 Å². The molecular formula is C5H9ClO3. The van der Waals surface area contributed by atoms with Gasteiger partial charge < -0.3 is 9.47 Å². The molecule has 0 radical (unpaired) electrons. The number of carbonyl (C=O) groups is 1. The summed E-state index contributed by atoms with van der Waals surface area (Å²) in [7, 11) is 1.43. The molecule has 54 valence electrons. The standard InChI is InChI=1S/C5H9ClO3/c1-5(2,8-3)9-4(6)7/h1-3H3. The molecule has 4 heteroatoms. The lowest BCUT2D eigenvalue weighted by Gasteiger charge is -2.20. The normalized spacial score (nSPS) is 11.1. The number of hydrogen-bond acceptors (Lipinski definition) is 3. The summed E-state index contributed by atoms with van der Waals surface area (Å²) in [5.41, 5.74) is -0.859. The highest BCUT2D eigenvalue weighted by Gasteiger charge is 2.19. The maximum absolute atomic E-state index is 10.1. The third-order valence-electron chi connectivity index (χ3n) is 0.818. The van der Waals surface area contributed by atoms with Crippen molar-refractivity contribution in [3.05, 3.63) is 0 Å². The SMILES string of the molecule is COC(C)(C)OC(=O)Cl. The summed E-state index contributed by atoms with van der Waals surface area (Å²) in [5, 5.41) is 0. The van der Waals surface area contributed by atoms with Gasteiger partial charge in [-0.2, -0.15) is 0 Å². The second-order valence-corrected chi connectivity index (χ2v) is 2.25. The summed E-state index contributed by atoms with van der Waals surface area (Å²) >= 11 is 4.90. The van der Waals surface area contributed by atoms with Gasteiger partial charge in [-0.15, -0.1) is 0 Å². The Morgan fingerprint density at radius 2 is 2.00 bits per heavy atom. The van der Waals surface area contributed by atoms with Crippen molar-refractivity contribution in [2.24, 2.45) is 0 Å². The Morgan fingerprint density at radius 3 is 2.11 bits per heavy atom. The molecule has 9 heavy (non-hydrogen) atoms. The van der Waals surface area contributed by atoms with E-state index in [1.807, 2.05) is 0 Å². The van der Waals surface area contributed by atoms with Crippen molar-refractivity contribution < 1.29 is 14.3 Å². The first-order valence-corrected chi connectivity index (χ1v) is 2.79. The Bertz CT molecular complexity index is 111. The van der Waals surface area contributed by atoms with Gasteiger partial charge in [0.2, 0.25) is 5.79 Å². The molecule has 3 nitrogen and oxygen atoms in total. The largest absolute Gasteiger partial charge is 0.422 e. The second kappa shape index (κ2) is 3.03. The number of hydrogen-bond donors (Lipinski definition) is 0. The topological polar surface area (TPSA) is 35.5 Å². The highest BCUT2D eigenvalue weighted by molar-refractivity contribution is 6.61. The monoisotopic (exact) mass is 152 g/mol. The zero-order chi connectivity index (χ0) is 7.49. The quantitative estimate of drug-likeness (QED) is 0.447. The van der Waals surface area contributed by atoms with Crippen LogP contribution in [0, 0.1) is 0 Å². The lowest BCUT2D eigenvalue weighted by Crippen LogP contribution is -2.27. The summed E-state index contributed by atoms with van der Waals surface area (Å²) < 4.78 is 9.21. The molecule has 0 amide bonds. The minimum absolute atomic E-state index is 0.859. The van der Waals surface area contributed by atoms with E-state index in [9.17, 15) is 4.79 Å². The molecule has 0 N–H and O–H groups in total. The molecule has 0 atom stereocenters. The van der Waals surface area contributed by atoms with Gasteiger partial charge in [0, 0.05) is 32.6 Å². The molecule has 0 saturated carbocycles. The second-order valence-electron chi connectivity index (χ2n) is 1.94. The van der Waals surface area contributed by atoms with Crippen LogP contribution in [0.4, 0.5) is 4.79 Å². The van der Waals surface area contributed by atoms with E-state index in [0.29, 0.717) is 0 Å². The fraction of sp³-hybridized carbons (Fsp3) is 0.800. The number of halogens is 1. The molecule has 0 spiro atoms. The molecule has 0 aliphatic rings. The Kier molecular flexibility index (Phi) is 2.94. The fourth-order valence-electron chi connectivity index (χ4n) is 0.235. The summed E-state index contributed by atoms with van der Waals surface area (Å²) in [5.74, 6) is -0.918. The minimum atomic E-state index is -0.918. The van der Waals surface area contributed by atoms with Crippen LogP contribution in [0.5, 0.6) is 0 Å². The molecule has 0 aliphatic carbocycles. The van der Waals surface area contributed by atoms with Crippen LogP contribution in [0.15, 0.2) is 0 Å². The maximum Gasteiger partial charge on any atom is 0.406 e. The van der Waals surface area contributed by atoms with Crippen molar-refractivity contribution in [3.8, 4) is 0 Å². The molecular weight excluding hydrogens is 144 g/mol. The van der Waals surface area contributed by atoms with Gasteiger partial charge in [-0.1, -0.05) is 0 Å². The molecule has 0 rings (SSSR count). The van der Waals surface area contributed by atoms with E-state index in [0.717, 1.165) is 0 Å². The lowest BCUT2D eigenvalue weighted by atomic mass is 10.4. The van der Waals surface area contributed by atoms with E-state index < -0.39 is 11.2 Å². The first-order chi connectivity index (χ1) is 3.98. The van der Waals surface area contributed by atoms with E-state index >= 15 is 0 Å². The first kappa shape index (κ1) is 8.72. The van der Waals surface area contributed by atoms with Crippen molar-refractivity contribution in [1.82, 2.24) is 0 Å². The molecule has 0 aromatic heterocycles. The molecule has 0 saturated heterocycles. The summed E-state index contributed by atoms with van der Waals surface area (Å²) in [4.78, 5) is 10.1. The Labute approximate surface area is 58.9 Å². The van der Waals surface area contributed by atoms with E-state index in [1.54, 1.807) is 13.8 Å². The zero-order valence-corrected chi connectivity index (χ0v) is 6.36. The average Bonchev–Trinajstić information content (AvgIpc) is 1.63. The van der Waals surface area contributed by atoms with Crippen molar-refractivity contribution in [2.45, 2.75) is 19.6 Å². The molecule has 0 unspecified atom stereocenters. The highest BCUT2D eigenvalue weighted by atomic mass is 35.5. The molecule has 0 aromatic rings. The Hall–Kier alpha value is -0.280. The van der Waals surface area contributed by atoms with Gasteiger partial charge in [0.25, 0.3) is 0 Å². The van der Waals surface area contributed by atoms with Gasteiger partial charge in [-0.3, -0.25) is 0 Å². The minimum Gasteiger partial charge on any atom is -0.422 e. The van der Waals surface area contributed by atoms with Gasteiger partial charge in [-0.05, 0) is 0 Å². The third kappa shape index (κ3) is 4.24. The average molecular weight is 153 g/mol. The van der Waals surface area contributed by atoms with Gasteiger partial charge in [0.1, 0.15) is 0 Å². The third-order valence-corrected chi connectivity index (χ3v) is 0.895. The smallest absolute Gasteiger partial charge is 0.406 e. The maximum atomic E-state index is 10.1. The summed E-state index contributed by atoms with van der Waals surface area (Å²) in [6.07, 6.45) is 0. The number of ether oxygens (including phenoxy) is 2. The highest BCUT2D eigenvalue weighted by Crippen LogP contribution is 2.10. The van der Waals surface area contributed by atoms with Crippen LogP contribution < -0.4 is 0 Å². The Balaban J connectivity index is 3.71. The van der Waals surface area contributed by atoms with Crippen molar-refractivity contribution in [3.63, 3.8) is 0 Å². The van der Waals surface area contributed by atoms with E-state index in [1.165, 1.54) is 7.11 Å². The zero-order valence-electron chi connectivity index (χ0n) is 5.60. The van der Waals surface area contributed by atoms with Crippen LogP contribution in [-0.4, -0.2) is 18.3 Å². The van der Waals surface area contributed by atoms with Crippen LogP contribution in [0.1, 0.15) is 13.8 Å². The number of rotatable bonds is 2. The summed E-state index contributed by atoms with van der Waals surface area (Å²) in [6.45, 7) is 3.18. The molecule has 0 heterocycles. The molecule has 0 aliphatic heterocycles. The van der Waals surface area contributed by atoms with E-state index in [2.05, 4.69) is 4.74 Å². The lowest BCUT2D eigenvalue weighted by molar-refractivity contribution is -0.150. The predicted molar refractivity (Wildman–Crippen MR) is 33.4 cm³/mol. The van der Waals surface area contributed by atoms with Crippen LogP contribution >= 0.6 is 11.6 Å². The fourth-order valence-corrected chi connectivity index (χ4v) is 0.421. The first-order valence-electron chi connectivity index (χ1n) is 2.41. The van der Waals surface area contributed by atoms with Crippen LogP contribution in [-0.2, 0) is 9.47 Å². The van der Waals surface area contributed by atoms with Crippen molar-refractivity contribution in [1.29, 1.82) is 0 Å².